The van der Waals surface area contributed by atoms with Gasteiger partial charge in [-0.25, -0.2) is 4.98 Å². The van der Waals surface area contributed by atoms with E-state index in [-0.39, 0.29) is 0 Å². The largest absolute Gasteiger partial charge is 0.300 e. The van der Waals surface area contributed by atoms with Crippen LogP contribution < -0.4 is 0 Å². The van der Waals surface area contributed by atoms with Gasteiger partial charge in [0.05, 0.1) is 11.1 Å². The average molecular weight is 321 g/mol. The minimum absolute atomic E-state index is 0.459. The zero-order valence-electron chi connectivity index (χ0n) is 12.5. The van der Waals surface area contributed by atoms with Crippen LogP contribution in [-0.2, 0) is 0 Å². The van der Waals surface area contributed by atoms with E-state index in [4.69, 9.17) is 11.6 Å². The number of hydrogen-bond acceptors (Lipinski definition) is 2. The molecule has 0 aliphatic carbocycles. The summed E-state index contributed by atoms with van der Waals surface area (Å²) in [6.45, 7) is 2.00. The molecule has 0 fully saturated rings. The van der Waals surface area contributed by atoms with Crippen molar-refractivity contribution in [3.63, 3.8) is 0 Å². The van der Waals surface area contributed by atoms with Gasteiger partial charge in [-0.2, -0.15) is 0 Å². The summed E-state index contributed by atoms with van der Waals surface area (Å²) in [6, 6.07) is 16.0. The Hall–Kier alpha value is -2.65. The van der Waals surface area contributed by atoms with E-state index in [1.807, 2.05) is 60.0 Å². The van der Waals surface area contributed by atoms with Crippen molar-refractivity contribution in [1.82, 2.24) is 9.55 Å². The third-order valence-electron chi connectivity index (χ3n) is 4.05. The molecule has 23 heavy (non-hydrogen) atoms. The maximum atomic E-state index is 11.8. The molecular formula is C19H13ClN2O. The van der Waals surface area contributed by atoms with Crippen molar-refractivity contribution in [2.75, 3.05) is 0 Å². The second kappa shape index (κ2) is 5.21. The van der Waals surface area contributed by atoms with Crippen LogP contribution in [0, 0.1) is 6.92 Å². The van der Waals surface area contributed by atoms with Gasteiger partial charge < -0.3 is 0 Å². The Balaban J connectivity index is 2.11. The Morgan fingerprint density at radius 3 is 2.74 bits per heavy atom. The van der Waals surface area contributed by atoms with E-state index in [0.717, 1.165) is 33.1 Å². The van der Waals surface area contributed by atoms with Crippen LogP contribution in [0.2, 0.25) is 0 Å². The molecule has 0 spiro atoms. The van der Waals surface area contributed by atoms with E-state index in [2.05, 4.69) is 4.98 Å². The second-order valence-corrected chi connectivity index (χ2v) is 5.91. The lowest BCUT2D eigenvalue weighted by atomic mass is 10.1. The SMILES string of the molecule is Cc1ccc2c(c1)c(C(=O)Cl)cn2-c1nccc2ccccc12. The molecule has 0 saturated carbocycles. The molecule has 2 heterocycles. The van der Waals surface area contributed by atoms with E-state index in [0.29, 0.717) is 5.56 Å². The number of aryl methyl sites for hydroxylation is 1. The van der Waals surface area contributed by atoms with Gasteiger partial charge in [-0.15, -0.1) is 0 Å². The highest BCUT2D eigenvalue weighted by Crippen LogP contribution is 2.29. The highest BCUT2D eigenvalue weighted by molar-refractivity contribution is 6.68. The molecule has 0 saturated heterocycles. The summed E-state index contributed by atoms with van der Waals surface area (Å²) in [5.41, 5.74) is 2.50. The Morgan fingerprint density at radius 1 is 1.09 bits per heavy atom. The van der Waals surface area contributed by atoms with Crippen molar-refractivity contribution in [3.05, 3.63) is 72.1 Å². The molecule has 4 rings (SSSR count). The lowest BCUT2D eigenvalue weighted by molar-refractivity contribution is 0.108. The predicted molar refractivity (Wildman–Crippen MR) is 93.5 cm³/mol. The summed E-state index contributed by atoms with van der Waals surface area (Å²) >= 11 is 5.78. The molecule has 3 nitrogen and oxygen atoms in total. The first kappa shape index (κ1) is 14.0. The van der Waals surface area contributed by atoms with Crippen LogP contribution in [0.4, 0.5) is 0 Å². The summed E-state index contributed by atoms with van der Waals surface area (Å²) in [5.74, 6) is 0.793. The van der Waals surface area contributed by atoms with Crippen LogP contribution in [0.1, 0.15) is 15.9 Å². The van der Waals surface area contributed by atoms with Gasteiger partial charge in [0.2, 0.25) is 0 Å². The molecule has 4 aromatic rings. The minimum Gasteiger partial charge on any atom is -0.300 e. The smallest absolute Gasteiger partial charge is 0.254 e. The lowest BCUT2D eigenvalue weighted by Crippen LogP contribution is -1.97. The van der Waals surface area contributed by atoms with E-state index >= 15 is 0 Å². The maximum absolute atomic E-state index is 11.8. The van der Waals surface area contributed by atoms with Gasteiger partial charge in [0.1, 0.15) is 5.82 Å². The second-order valence-electron chi connectivity index (χ2n) is 5.56. The molecule has 112 valence electrons. The molecule has 0 bridgehead atoms. The topological polar surface area (TPSA) is 34.9 Å². The third-order valence-corrected chi connectivity index (χ3v) is 4.26. The van der Waals surface area contributed by atoms with Crippen molar-refractivity contribution in [3.8, 4) is 5.82 Å². The van der Waals surface area contributed by atoms with E-state index in [1.165, 1.54) is 0 Å². The van der Waals surface area contributed by atoms with Crippen LogP contribution in [-0.4, -0.2) is 14.8 Å². The molecule has 0 aliphatic heterocycles. The van der Waals surface area contributed by atoms with Gasteiger partial charge >= 0.3 is 0 Å². The maximum Gasteiger partial charge on any atom is 0.254 e. The first-order chi connectivity index (χ1) is 11.1. The predicted octanol–water partition coefficient (Wildman–Crippen LogP) is 4.87. The van der Waals surface area contributed by atoms with Crippen molar-refractivity contribution < 1.29 is 4.79 Å². The Labute approximate surface area is 138 Å². The summed E-state index contributed by atoms with van der Waals surface area (Å²) in [4.78, 5) is 16.3. The molecule has 0 atom stereocenters. The fourth-order valence-electron chi connectivity index (χ4n) is 2.97. The third kappa shape index (κ3) is 2.21. The van der Waals surface area contributed by atoms with Gasteiger partial charge in [0.25, 0.3) is 5.24 Å². The van der Waals surface area contributed by atoms with Crippen molar-refractivity contribution in [1.29, 1.82) is 0 Å². The van der Waals surface area contributed by atoms with Crippen LogP contribution in [0.25, 0.3) is 27.5 Å². The Morgan fingerprint density at radius 2 is 1.91 bits per heavy atom. The number of hydrogen-bond donors (Lipinski definition) is 0. The zero-order chi connectivity index (χ0) is 16.0. The van der Waals surface area contributed by atoms with Crippen molar-refractivity contribution in [2.24, 2.45) is 0 Å². The first-order valence-electron chi connectivity index (χ1n) is 7.31. The van der Waals surface area contributed by atoms with Gasteiger partial charge in [-0.3, -0.25) is 9.36 Å². The molecule has 0 N–H and O–H groups in total. The van der Waals surface area contributed by atoms with Gasteiger partial charge in [-0.1, -0.05) is 35.9 Å². The zero-order valence-corrected chi connectivity index (χ0v) is 13.2. The van der Waals surface area contributed by atoms with Crippen LogP contribution in [0.15, 0.2) is 60.9 Å². The van der Waals surface area contributed by atoms with Crippen LogP contribution >= 0.6 is 11.6 Å². The molecule has 0 aliphatic rings. The Kier molecular flexibility index (Phi) is 3.17. The van der Waals surface area contributed by atoms with Crippen LogP contribution in [0.3, 0.4) is 0 Å². The molecule has 2 aromatic carbocycles. The van der Waals surface area contributed by atoms with E-state index < -0.39 is 5.24 Å². The molecule has 0 amide bonds. The number of pyridine rings is 1. The molecule has 0 unspecified atom stereocenters. The monoisotopic (exact) mass is 320 g/mol. The number of benzene rings is 2. The fourth-order valence-corrected chi connectivity index (χ4v) is 3.12. The summed E-state index contributed by atoms with van der Waals surface area (Å²) in [6.07, 6.45) is 3.55. The average Bonchev–Trinajstić information content (AvgIpc) is 2.93. The number of rotatable bonds is 2. The van der Waals surface area contributed by atoms with Gasteiger partial charge in [-0.05, 0) is 42.1 Å². The number of carbonyl (C=O) groups excluding carboxylic acids is 1. The van der Waals surface area contributed by atoms with E-state index in [1.54, 1.807) is 12.4 Å². The lowest BCUT2D eigenvalue weighted by Gasteiger charge is -2.08. The molecule has 2 aromatic heterocycles. The summed E-state index contributed by atoms with van der Waals surface area (Å²) < 4.78 is 1.94. The van der Waals surface area contributed by atoms with Gasteiger partial charge in [0.15, 0.2) is 0 Å². The minimum atomic E-state index is -0.459. The van der Waals surface area contributed by atoms with Crippen molar-refractivity contribution >= 4 is 38.5 Å². The normalized spacial score (nSPS) is 11.2. The fraction of sp³-hybridized carbons (Fsp3) is 0.0526. The highest BCUT2D eigenvalue weighted by Gasteiger charge is 2.16. The summed E-state index contributed by atoms with van der Waals surface area (Å²) in [7, 11) is 0. The number of nitrogens with zero attached hydrogens (tertiary/aromatic N) is 2. The number of carbonyl (C=O) groups is 1. The highest BCUT2D eigenvalue weighted by atomic mass is 35.5. The molecule has 4 heteroatoms. The van der Waals surface area contributed by atoms with E-state index in [9.17, 15) is 4.79 Å². The Bertz CT molecular complexity index is 1060. The standard InChI is InChI=1S/C19H13ClN2O/c1-12-6-7-17-15(10-12)16(18(20)23)11-22(17)19-14-5-3-2-4-13(14)8-9-21-19/h2-11H,1H3. The van der Waals surface area contributed by atoms with Gasteiger partial charge in [0, 0.05) is 23.2 Å². The number of aromatic nitrogens is 2. The summed E-state index contributed by atoms with van der Waals surface area (Å²) in [5, 5.41) is 2.52. The van der Waals surface area contributed by atoms with Crippen LogP contribution in [0.5, 0.6) is 0 Å². The number of halogens is 1. The number of fused-ring (bicyclic) bond motifs is 2. The quantitative estimate of drug-likeness (QED) is 0.494. The van der Waals surface area contributed by atoms with Crippen molar-refractivity contribution in [2.45, 2.75) is 6.92 Å². The molecular weight excluding hydrogens is 308 g/mol. The molecule has 0 radical (unpaired) electrons. The first-order valence-corrected chi connectivity index (χ1v) is 7.68.